The van der Waals surface area contributed by atoms with Gasteiger partial charge in [-0.05, 0) is 87.3 Å². The van der Waals surface area contributed by atoms with Crippen molar-refractivity contribution in [2.45, 2.75) is 103 Å². The minimum Gasteiger partial charge on any atom is -0.343 e. The second-order valence-electron chi connectivity index (χ2n) is 12.2. The maximum Gasteiger partial charge on any atom is 0.254 e. The van der Waals surface area contributed by atoms with Crippen molar-refractivity contribution in [2.24, 2.45) is 11.1 Å². The molecule has 7 heteroatoms. The zero-order valence-corrected chi connectivity index (χ0v) is 23.6. The Morgan fingerprint density at radius 1 is 1.03 bits per heavy atom. The molecule has 1 heterocycles. The molecule has 0 spiro atoms. The lowest BCUT2D eigenvalue weighted by Gasteiger charge is -2.32. The lowest BCUT2D eigenvalue weighted by atomic mass is 9.84. The van der Waals surface area contributed by atoms with Gasteiger partial charge in [-0.15, -0.1) is 0 Å². The van der Waals surface area contributed by atoms with Crippen LogP contribution in [0.25, 0.3) is 11.3 Å². The molecule has 1 aromatic carbocycles. The van der Waals surface area contributed by atoms with Crippen LogP contribution in [0.15, 0.2) is 29.2 Å². The van der Waals surface area contributed by atoms with E-state index in [1.165, 1.54) is 19.3 Å². The molecule has 1 aliphatic carbocycles. The summed E-state index contributed by atoms with van der Waals surface area (Å²) >= 11 is 0. The van der Waals surface area contributed by atoms with Crippen LogP contribution < -0.4 is 5.14 Å². The fourth-order valence-corrected chi connectivity index (χ4v) is 5.64. The van der Waals surface area contributed by atoms with Crippen molar-refractivity contribution < 1.29 is 13.2 Å². The summed E-state index contributed by atoms with van der Waals surface area (Å²) in [6.45, 7) is 15.0. The first-order valence-electron chi connectivity index (χ1n) is 12.7. The summed E-state index contributed by atoms with van der Waals surface area (Å²) < 4.78 is 27.0. The molecule has 3 rings (SSSR count). The smallest absolute Gasteiger partial charge is 0.254 e. The predicted molar refractivity (Wildman–Crippen MR) is 143 cm³/mol. The van der Waals surface area contributed by atoms with Gasteiger partial charge < -0.3 is 9.47 Å². The molecular weight excluding hydrogens is 458 g/mol. The Hall–Kier alpha value is -2.12. The van der Waals surface area contributed by atoms with Gasteiger partial charge >= 0.3 is 0 Å². The third kappa shape index (κ3) is 6.18. The molecule has 6 nitrogen and oxygen atoms in total. The number of nitrogens with two attached hydrogens (primary N) is 1. The van der Waals surface area contributed by atoms with Crippen molar-refractivity contribution in [2.75, 3.05) is 7.05 Å². The van der Waals surface area contributed by atoms with Crippen LogP contribution in [0.1, 0.15) is 95.3 Å². The number of benzene rings is 1. The van der Waals surface area contributed by atoms with Crippen molar-refractivity contribution in [1.29, 1.82) is 0 Å². The summed E-state index contributed by atoms with van der Waals surface area (Å²) in [5, 5.41) is 5.61. The van der Waals surface area contributed by atoms with Gasteiger partial charge in [0.15, 0.2) is 0 Å². The molecule has 0 unspecified atom stereocenters. The number of hydrogen-bond acceptors (Lipinski definition) is 3. The summed E-state index contributed by atoms with van der Waals surface area (Å²) in [4.78, 5) is 15.4. The molecule has 0 radical (unpaired) electrons. The number of aromatic nitrogens is 1. The highest BCUT2D eigenvalue weighted by Crippen LogP contribution is 2.35. The second-order valence-corrected chi connectivity index (χ2v) is 13.8. The van der Waals surface area contributed by atoms with E-state index in [-0.39, 0.29) is 21.8 Å². The monoisotopic (exact) mass is 501 g/mol. The van der Waals surface area contributed by atoms with E-state index in [0.717, 1.165) is 36.2 Å². The van der Waals surface area contributed by atoms with Gasteiger partial charge in [-0.1, -0.05) is 40.0 Å². The predicted octanol–water partition coefficient (Wildman–Crippen LogP) is 5.86. The van der Waals surface area contributed by atoms with Gasteiger partial charge in [-0.2, -0.15) is 0 Å². The minimum absolute atomic E-state index is 0.0568. The third-order valence-electron chi connectivity index (χ3n) is 7.44. The maximum atomic E-state index is 13.5. The Balaban J connectivity index is 2.23. The Bertz CT molecular complexity index is 1190. The van der Waals surface area contributed by atoms with Gasteiger partial charge in [0, 0.05) is 36.1 Å². The molecule has 0 bridgehead atoms. The molecule has 1 fully saturated rings. The van der Waals surface area contributed by atoms with E-state index in [2.05, 4.69) is 31.4 Å². The van der Waals surface area contributed by atoms with Crippen LogP contribution in [0.5, 0.6) is 0 Å². The number of primary sulfonamides is 1. The summed E-state index contributed by atoms with van der Waals surface area (Å²) in [6.07, 6.45) is 5.96. The normalized spacial score (nSPS) is 15.9. The SMILES string of the molecule is Cc1c(S(N)(=O)=O)cc(-c2cc(C(=O)N(C)C(C)(C)C)cc(C(C)(C)C)c2)n1CC1CCCCC1. The highest BCUT2D eigenvalue weighted by molar-refractivity contribution is 7.89. The van der Waals surface area contributed by atoms with Crippen LogP contribution >= 0.6 is 0 Å². The molecule has 2 aromatic rings. The number of amides is 1. The number of hydrogen-bond donors (Lipinski definition) is 1. The topological polar surface area (TPSA) is 85.4 Å². The van der Waals surface area contributed by atoms with Crippen LogP contribution in [0.4, 0.5) is 0 Å². The fourth-order valence-electron chi connectivity index (χ4n) is 4.84. The van der Waals surface area contributed by atoms with E-state index in [1.54, 1.807) is 11.0 Å². The first-order chi connectivity index (χ1) is 16.0. The Morgan fingerprint density at radius 3 is 2.14 bits per heavy atom. The van der Waals surface area contributed by atoms with E-state index in [9.17, 15) is 13.2 Å². The molecular formula is C28H43N3O3S. The summed E-state index contributed by atoms with van der Waals surface area (Å²) in [7, 11) is -2.06. The van der Waals surface area contributed by atoms with Gasteiger partial charge in [0.1, 0.15) is 4.90 Å². The van der Waals surface area contributed by atoms with E-state index in [0.29, 0.717) is 17.2 Å². The Kier molecular flexibility index (Phi) is 7.64. The van der Waals surface area contributed by atoms with Gasteiger partial charge in [-0.3, -0.25) is 4.79 Å². The molecule has 0 aliphatic heterocycles. The molecule has 1 aliphatic rings. The lowest BCUT2D eigenvalue weighted by Crippen LogP contribution is -2.42. The average Bonchev–Trinajstić information content (AvgIpc) is 3.08. The zero-order valence-electron chi connectivity index (χ0n) is 22.7. The highest BCUT2D eigenvalue weighted by Gasteiger charge is 2.28. The number of rotatable bonds is 5. The van der Waals surface area contributed by atoms with E-state index in [1.807, 2.05) is 46.9 Å². The van der Waals surface area contributed by atoms with Crippen molar-refractivity contribution in [3.8, 4) is 11.3 Å². The van der Waals surface area contributed by atoms with Crippen LogP contribution in [0.3, 0.4) is 0 Å². The summed E-state index contributed by atoms with van der Waals surface area (Å²) in [6, 6.07) is 7.65. The number of carbonyl (C=O) groups excluding carboxylic acids is 1. The number of carbonyl (C=O) groups is 1. The van der Waals surface area contributed by atoms with E-state index < -0.39 is 10.0 Å². The van der Waals surface area contributed by atoms with E-state index in [4.69, 9.17) is 5.14 Å². The van der Waals surface area contributed by atoms with Crippen molar-refractivity contribution in [1.82, 2.24) is 9.47 Å². The molecule has 1 saturated carbocycles. The summed E-state index contributed by atoms with van der Waals surface area (Å²) in [5.74, 6) is 0.444. The highest BCUT2D eigenvalue weighted by atomic mass is 32.2. The van der Waals surface area contributed by atoms with Gasteiger partial charge in [0.2, 0.25) is 10.0 Å². The first-order valence-corrected chi connectivity index (χ1v) is 14.2. The zero-order chi connectivity index (χ0) is 26.3. The third-order valence-corrected chi connectivity index (χ3v) is 8.47. The van der Waals surface area contributed by atoms with Gasteiger partial charge in [-0.25, -0.2) is 13.6 Å². The van der Waals surface area contributed by atoms with Crippen LogP contribution in [0.2, 0.25) is 0 Å². The molecule has 0 saturated heterocycles. The average molecular weight is 502 g/mol. The number of nitrogens with zero attached hydrogens (tertiary/aromatic N) is 2. The minimum atomic E-state index is -3.88. The van der Waals surface area contributed by atoms with Crippen LogP contribution in [-0.2, 0) is 22.0 Å². The van der Waals surface area contributed by atoms with Gasteiger partial charge in [0.25, 0.3) is 5.91 Å². The fraction of sp³-hybridized carbons (Fsp3) is 0.607. The molecule has 194 valence electrons. The van der Waals surface area contributed by atoms with Crippen molar-refractivity contribution in [3.63, 3.8) is 0 Å². The van der Waals surface area contributed by atoms with E-state index >= 15 is 0 Å². The molecule has 2 N–H and O–H groups in total. The molecule has 1 aromatic heterocycles. The van der Waals surface area contributed by atoms with Gasteiger partial charge in [0.05, 0.1) is 0 Å². The largest absolute Gasteiger partial charge is 0.343 e. The summed E-state index contributed by atoms with van der Waals surface area (Å²) in [5.41, 5.74) is 3.42. The Labute approximate surface area is 211 Å². The Morgan fingerprint density at radius 2 is 1.63 bits per heavy atom. The quantitative estimate of drug-likeness (QED) is 0.557. The number of sulfonamides is 1. The van der Waals surface area contributed by atoms with Crippen LogP contribution in [-0.4, -0.2) is 36.4 Å². The van der Waals surface area contributed by atoms with Crippen LogP contribution in [0, 0.1) is 12.8 Å². The molecule has 1 amide bonds. The lowest BCUT2D eigenvalue weighted by molar-refractivity contribution is 0.0655. The molecule has 35 heavy (non-hydrogen) atoms. The van der Waals surface area contributed by atoms with Crippen molar-refractivity contribution in [3.05, 3.63) is 41.1 Å². The standard InChI is InChI=1S/C28H43N3O3S/c1-19-25(35(29,33)34)17-24(31(19)18-20-12-10-9-11-13-20)21-14-22(16-23(15-21)27(2,3)4)26(32)30(8)28(5,6)7/h14-17,20H,9-13,18H2,1-8H3,(H2,29,33,34). The first kappa shape index (κ1) is 27.5. The van der Waals surface area contributed by atoms with Crippen molar-refractivity contribution >= 4 is 15.9 Å². The molecule has 0 atom stereocenters. The second kappa shape index (κ2) is 9.74. The maximum absolute atomic E-state index is 13.5.